The first kappa shape index (κ1) is 51.3. The number of aliphatic hydroxyl groups is 3. The molecule has 0 aliphatic rings. The summed E-state index contributed by atoms with van der Waals surface area (Å²) in [7, 11) is 0. The summed E-state index contributed by atoms with van der Waals surface area (Å²) < 4.78 is 7.58. The summed E-state index contributed by atoms with van der Waals surface area (Å²) in [5.74, 6) is 0.821. The largest absolute Gasteiger partial charge is 0.484 e. The van der Waals surface area contributed by atoms with Crippen LogP contribution in [0.1, 0.15) is 245 Å². The van der Waals surface area contributed by atoms with Crippen LogP contribution in [0.3, 0.4) is 0 Å². The zero-order valence-electron chi connectivity index (χ0n) is 40.0. The number of benzene rings is 2. The molecule has 4 heteroatoms. The maximum Gasteiger partial charge on any atom is 0.137 e. The van der Waals surface area contributed by atoms with Gasteiger partial charge in [-0.15, -0.1) is 0 Å². The molecular formula is C53H92O4. The molecule has 2 aromatic carbocycles. The van der Waals surface area contributed by atoms with Crippen LogP contribution < -0.4 is 4.74 Å². The van der Waals surface area contributed by atoms with Crippen molar-refractivity contribution >= 4 is 0 Å². The molecule has 1 unspecified atom stereocenters. The first-order chi connectivity index (χ1) is 26.6. The van der Waals surface area contributed by atoms with Crippen LogP contribution in [0.4, 0.5) is 0 Å². The van der Waals surface area contributed by atoms with Crippen molar-refractivity contribution in [3.8, 4) is 5.75 Å². The smallest absolute Gasteiger partial charge is 0.137 e. The summed E-state index contributed by atoms with van der Waals surface area (Å²) in [5, 5.41) is 33.8. The zero-order valence-corrected chi connectivity index (χ0v) is 40.0. The second-order valence-electron chi connectivity index (χ2n) is 21.9. The van der Waals surface area contributed by atoms with E-state index in [1.165, 1.54) is 107 Å². The van der Waals surface area contributed by atoms with E-state index >= 15 is 0 Å². The standard InChI is InChI=1S/C53H92O4/c1-15-17-19-21-23-25-27-29-31-40-33-42(49(3,4)5)46(43(34-40)50(6,7)8)48(53(37-54,38-55)39-56)57-47-44(51(9,10)11)35-41(36-45(47)52(12,13)14)32-30-28-26-24-22-20-18-16-2/h33-36,48,54-56H,15-32,37-39H2,1-14H3. The second-order valence-corrected chi connectivity index (χ2v) is 21.9. The Balaban J connectivity index is 2.81. The third-order valence-electron chi connectivity index (χ3n) is 12.3. The van der Waals surface area contributed by atoms with Gasteiger partial charge in [0.05, 0.1) is 25.2 Å². The van der Waals surface area contributed by atoms with E-state index in [0.717, 1.165) is 52.8 Å². The predicted molar refractivity (Wildman–Crippen MR) is 247 cm³/mol. The van der Waals surface area contributed by atoms with Gasteiger partial charge in [-0.1, -0.05) is 211 Å². The molecule has 0 aliphatic carbocycles. The number of hydrogen-bond acceptors (Lipinski definition) is 4. The van der Waals surface area contributed by atoms with Gasteiger partial charge in [0, 0.05) is 16.7 Å². The first-order valence-corrected chi connectivity index (χ1v) is 23.5. The Labute approximate surface area is 353 Å². The summed E-state index contributed by atoms with van der Waals surface area (Å²) in [6, 6.07) is 9.48. The molecule has 328 valence electrons. The van der Waals surface area contributed by atoms with Crippen molar-refractivity contribution in [3.63, 3.8) is 0 Å². The van der Waals surface area contributed by atoms with E-state index in [1.807, 2.05) is 0 Å². The monoisotopic (exact) mass is 793 g/mol. The minimum Gasteiger partial charge on any atom is -0.484 e. The van der Waals surface area contributed by atoms with Crippen LogP contribution in [-0.2, 0) is 34.5 Å². The molecule has 57 heavy (non-hydrogen) atoms. The first-order valence-electron chi connectivity index (χ1n) is 23.5. The molecule has 2 rings (SSSR count). The van der Waals surface area contributed by atoms with Crippen molar-refractivity contribution in [1.29, 1.82) is 0 Å². The molecule has 0 aliphatic heterocycles. The maximum atomic E-state index is 11.3. The van der Waals surface area contributed by atoms with Crippen molar-refractivity contribution in [2.75, 3.05) is 19.8 Å². The Bertz CT molecular complexity index is 1360. The Morgan fingerprint density at radius 2 is 0.702 bits per heavy atom. The van der Waals surface area contributed by atoms with E-state index in [0.29, 0.717) is 0 Å². The van der Waals surface area contributed by atoms with E-state index < -0.39 is 31.3 Å². The molecule has 0 amide bonds. The predicted octanol–water partition coefficient (Wildman–Crippen LogP) is 14.3. The SMILES string of the molecule is CCCCCCCCCCc1cc(C(C)(C)C)c(OC(c2c(C(C)(C)C)cc(CCCCCCCCCC)cc2C(C)(C)C)C(CO)(CO)CO)c(C(C)(C)C)c1. The molecular weight excluding hydrogens is 701 g/mol. The van der Waals surface area contributed by atoms with Crippen LogP contribution in [-0.4, -0.2) is 35.1 Å². The second kappa shape index (κ2) is 23.2. The molecule has 3 N–H and O–H groups in total. The fourth-order valence-electron chi connectivity index (χ4n) is 8.39. The lowest BCUT2D eigenvalue weighted by atomic mass is 9.68. The number of aryl methyl sites for hydroxylation is 2. The van der Waals surface area contributed by atoms with E-state index in [2.05, 4.69) is 121 Å². The Hall–Kier alpha value is -1.88. The lowest BCUT2D eigenvalue weighted by molar-refractivity contribution is -0.0761. The lowest BCUT2D eigenvalue weighted by Gasteiger charge is -2.43. The van der Waals surface area contributed by atoms with Gasteiger partial charge < -0.3 is 20.1 Å². The molecule has 0 fully saturated rings. The van der Waals surface area contributed by atoms with Crippen molar-refractivity contribution in [1.82, 2.24) is 0 Å². The summed E-state index contributed by atoms with van der Waals surface area (Å²) in [6.45, 7) is 30.4. The fraction of sp³-hybridized carbons (Fsp3) is 0.774. The molecule has 2 aromatic rings. The van der Waals surface area contributed by atoms with Gasteiger partial charge in [-0.2, -0.15) is 0 Å². The van der Waals surface area contributed by atoms with E-state index in [1.54, 1.807) is 0 Å². The van der Waals surface area contributed by atoms with E-state index in [-0.39, 0.29) is 21.7 Å². The zero-order chi connectivity index (χ0) is 43.1. The molecule has 0 heterocycles. The number of hydrogen-bond donors (Lipinski definition) is 3. The van der Waals surface area contributed by atoms with Gasteiger partial charge in [-0.3, -0.25) is 0 Å². The average molecular weight is 793 g/mol. The van der Waals surface area contributed by atoms with Crippen molar-refractivity contribution in [2.24, 2.45) is 5.41 Å². The maximum absolute atomic E-state index is 11.3. The normalized spacial score (nSPS) is 13.7. The van der Waals surface area contributed by atoms with Gasteiger partial charge in [0.25, 0.3) is 0 Å². The van der Waals surface area contributed by atoms with Gasteiger partial charge in [-0.25, -0.2) is 0 Å². The van der Waals surface area contributed by atoms with Crippen LogP contribution in [0.5, 0.6) is 5.75 Å². The molecule has 0 saturated carbocycles. The molecule has 0 bridgehead atoms. The molecule has 0 saturated heterocycles. The van der Waals surface area contributed by atoms with Crippen molar-refractivity contribution in [3.05, 3.63) is 63.2 Å². The highest BCUT2D eigenvalue weighted by atomic mass is 16.5. The van der Waals surface area contributed by atoms with Gasteiger partial charge in [0.1, 0.15) is 11.9 Å². The van der Waals surface area contributed by atoms with Crippen LogP contribution in [0, 0.1) is 5.41 Å². The Morgan fingerprint density at radius 1 is 0.421 bits per heavy atom. The summed E-state index contributed by atoms with van der Waals surface area (Å²) in [5.41, 5.74) is 5.92. The Morgan fingerprint density at radius 3 is 0.982 bits per heavy atom. The number of ether oxygens (including phenoxy) is 1. The van der Waals surface area contributed by atoms with E-state index in [9.17, 15) is 15.3 Å². The molecule has 0 radical (unpaired) electrons. The topological polar surface area (TPSA) is 69.9 Å². The minimum absolute atomic E-state index is 0.241. The summed E-state index contributed by atoms with van der Waals surface area (Å²) >= 11 is 0. The highest BCUT2D eigenvalue weighted by molar-refractivity contribution is 5.53. The molecule has 1 atom stereocenters. The van der Waals surface area contributed by atoms with Gasteiger partial charge in [-0.05, 0) is 69.6 Å². The van der Waals surface area contributed by atoms with E-state index in [4.69, 9.17) is 4.74 Å². The number of rotatable bonds is 25. The highest BCUT2D eigenvalue weighted by Gasteiger charge is 2.46. The average Bonchev–Trinajstić information content (AvgIpc) is 3.12. The van der Waals surface area contributed by atoms with Crippen LogP contribution in [0.15, 0.2) is 24.3 Å². The Kier molecular flexibility index (Phi) is 20.9. The molecule has 4 nitrogen and oxygen atoms in total. The lowest BCUT2D eigenvalue weighted by Crippen LogP contribution is -2.45. The van der Waals surface area contributed by atoms with Gasteiger partial charge in [0.2, 0.25) is 0 Å². The van der Waals surface area contributed by atoms with Crippen LogP contribution >= 0.6 is 0 Å². The fourth-order valence-corrected chi connectivity index (χ4v) is 8.39. The molecule has 0 aromatic heterocycles. The third kappa shape index (κ3) is 15.6. The van der Waals surface area contributed by atoms with Crippen molar-refractivity contribution in [2.45, 2.75) is 240 Å². The number of aliphatic hydroxyl groups excluding tert-OH is 3. The quantitative estimate of drug-likeness (QED) is 0.0876. The number of unbranched alkanes of at least 4 members (excludes halogenated alkanes) is 14. The third-order valence-corrected chi connectivity index (χ3v) is 12.3. The summed E-state index contributed by atoms with van der Waals surface area (Å²) in [4.78, 5) is 0. The van der Waals surface area contributed by atoms with Crippen LogP contribution in [0.2, 0.25) is 0 Å². The van der Waals surface area contributed by atoms with Gasteiger partial charge >= 0.3 is 0 Å². The minimum atomic E-state index is -1.33. The highest BCUT2D eigenvalue weighted by Crippen LogP contribution is 2.50. The van der Waals surface area contributed by atoms with Crippen LogP contribution in [0.25, 0.3) is 0 Å². The molecule has 0 spiro atoms. The van der Waals surface area contributed by atoms with Crippen molar-refractivity contribution < 1.29 is 20.1 Å². The van der Waals surface area contributed by atoms with Gasteiger partial charge in [0.15, 0.2) is 0 Å². The summed E-state index contributed by atoms with van der Waals surface area (Å²) in [6.07, 6.45) is 21.9.